The van der Waals surface area contributed by atoms with Crippen molar-refractivity contribution in [3.63, 3.8) is 0 Å². The molecule has 11 heteroatoms. The molecule has 0 saturated carbocycles. The molecule has 0 aliphatic rings. The summed E-state index contributed by atoms with van der Waals surface area (Å²) in [4.78, 5) is 12.3. The number of benzene rings is 3. The number of hydrazone groups is 1. The molecule has 0 unspecified atom stereocenters. The largest absolute Gasteiger partial charge is 0.417 e. The highest BCUT2D eigenvalue weighted by molar-refractivity contribution is 7.92. The van der Waals surface area contributed by atoms with Crippen LogP contribution in [-0.4, -0.2) is 26.8 Å². The minimum Gasteiger partial charge on any atom is -0.267 e. The van der Waals surface area contributed by atoms with Crippen molar-refractivity contribution in [2.75, 3.05) is 10.6 Å². The zero-order chi connectivity index (χ0) is 24.9. The van der Waals surface area contributed by atoms with Gasteiger partial charge in [-0.15, -0.1) is 0 Å². The maximum atomic E-state index is 13.0. The number of rotatable bonds is 7. The summed E-state index contributed by atoms with van der Waals surface area (Å²) in [6, 6.07) is 17.2. The Hall–Kier alpha value is -3.37. The molecule has 0 bridgehead atoms. The highest BCUT2D eigenvalue weighted by Gasteiger charge is 2.32. The molecule has 1 amide bonds. The van der Waals surface area contributed by atoms with Crippen molar-refractivity contribution in [1.82, 2.24) is 5.43 Å². The lowest BCUT2D eigenvalue weighted by atomic mass is 10.1. The Labute approximate surface area is 199 Å². The Morgan fingerprint density at radius 1 is 1.03 bits per heavy atom. The van der Waals surface area contributed by atoms with Gasteiger partial charge in [-0.05, 0) is 48.0 Å². The zero-order valence-electron chi connectivity index (χ0n) is 17.8. The van der Waals surface area contributed by atoms with E-state index < -0.39 is 27.7 Å². The summed E-state index contributed by atoms with van der Waals surface area (Å²) in [7, 11) is -3.64. The van der Waals surface area contributed by atoms with Gasteiger partial charge in [0.15, 0.2) is 0 Å². The number of hydrogen-bond acceptors (Lipinski definition) is 4. The van der Waals surface area contributed by atoms with Crippen LogP contribution in [0.1, 0.15) is 27.0 Å². The molecule has 0 aliphatic heterocycles. The molecule has 0 aromatic heterocycles. The number of carbonyl (C=O) groups excluding carboxylic acids is 1. The third-order valence-electron chi connectivity index (χ3n) is 4.69. The maximum Gasteiger partial charge on any atom is 0.417 e. The van der Waals surface area contributed by atoms with Crippen molar-refractivity contribution in [3.8, 4) is 0 Å². The molecule has 3 rings (SSSR count). The van der Waals surface area contributed by atoms with E-state index in [-0.39, 0.29) is 17.7 Å². The number of anilines is 1. The van der Waals surface area contributed by atoms with Gasteiger partial charge in [0.2, 0.25) is 10.0 Å². The molecule has 178 valence electrons. The van der Waals surface area contributed by atoms with Crippen LogP contribution in [0, 0.1) is 0 Å². The quantitative estimate of drug-likeness (QED) is 0.356. The van der Waals surface area contributed by atoms with Crippen molar-refractivity contribution in [2.45, 2.75) is 12.7 Å². The Balaban J connectivity index is 1.73. The molecular formula is C23H19ClF3N3O3S. The molecule has 0 atom stereocenters. The highest BCUT2D eigenvalue weighted by Crippen LogP contribution is 2.31. The summed E-state index contributed by atoms with van der Waals surface area (Å²) in [6.45, 7) is 0.0600. The molecule has 0 aliphatic carbocycles. The van der Waals surface area contributed by atoms with Crippen LogP contribution < -0.4 is 9.73 Å². The number of carbonyl (C=O) groups is 1. The molecule has 0 spiro atoms. The second-order valence-electron chi connectivity index (χ2n) is 7.23. The number of sulfonamides is 1. The molecule has 3 aromatic carbocycles. The number of hydrogen-bond donors (Lipinski definition) is 1. The van der Waals surface area contributed by atoms with Crippen molar-refractivity contribution in [2.24, 2.45) is 5.10 Å². The fourth-order valence-electron chi connectivity index (χ4n) is 3.03. The van der Waals surface area contributed by atoms with Gasteiger partial charge < -0.3 is 0 Å². The van der Waals surface area contributed by atoms with Crippen molar-refractivity contribution in [3.05, 3.63) is 100 Å². The molecule has 6 nitrogen and oxygen atoms in total. The molecule has 3 aromatic rings. The van der Waals surface area contributed by atoms with Gasteiger partial charge in [0, 0.05) is 16.1 Å². The number of halogens is 4. The number of nitrogens with zero attached hydrogens (tertiary/aromatic N) is 2. The first-order valence-corrected chi connectivity index (χ1v) is 12.0. The van der Waals surface area contributed by atoms with Crippen LogP contribution in [-0.2, 0) is 22.7 Å². The van der Waals surface area contributed by atoms with E-state index in [1.807, 2.05) is 0 Å². The fourth-order valence-corrected chi connectivity index (χ4v) is 4.04. The minimum atomic E-state index is -4.56. The molecule has 0 saturated heterocycles. The monoisotopic (exact) mass is 509 g/mol. The van der Waals surface area contributed by atoms with Crippen LogP contribution in [0.4, 0.5) is 18.9 Å². The lowest BCUT2D eigenvalue weighted by Gasteiger charge is -2.22. The van der Waals surface area contributed by atoms with Crippen molar-refractivity contribution in [1.29, 1.82) is 0 Å². The molecule has 0 fully saturated rings. The zero-order valence-corrected chi connectivity index (χ0v) is 19.3. The summed E-state index contributed by atoms with van der Waals surface area (Å²) in [5.74, 6) is -0.670. The van der Waals surface area contributed by atoms with Crippen molar-refractivity contribution >= 4 is 39.4 Å². The van der Waals surface area contributed by atoms with E-state index in [0.29, 0.717) is 16.3 Å². The van der Waals surface area contributed by atoms with Gasteiger partial charge in [-0.3, -0.25) is 9.10 Å². The lowest BCUT2D eigenvalue weighted by molar-refractivity contribution is -0.137. The summed E-state index contributed by atoms with van der Waals surface area (Å²) in [6.07, 6.45) is -2.58. The van der Waals surface area contributed by atoms with E-state index in [4.69, 9.17) is 11.6 Å². The van der Waals surface area contributed by atoms with Gasteiger partial charge in [0.25, 0.3) is 5.91 Å². The summed E-state index contributed by atoms with van der Waals surface area (Å²) < 4.78 is 64.9. The highest BCUT2D eigenvalue weighted by atomic mass is 35.5. The van der Waals surface area contributed by atoms with Crippen LogP contribution in [0.2, 0.25) is 5.02 Å². The molecule has 34 heavy (non-hydrogen) atoms. The van der Waals surface area contributed by atoms with Crippen LogP contribution in [0.25, 0.3) is 0 Å². The molecule has 0 heterocycles. The molecule has 1 N–H and O–H groups in total. The lowest BCUT2D eigenvalue weighted by Crippen LogP contribution is -2.29. The summed E-state index contributed by atoms with van der Waals surface area (Å²) in [5, 5.41) is 4.13. The topological polar surface area (TPSA) is 78.8 Å². The maximum absolute atomic E-state index is 13.0. The fraction of sp³-hybridized carbons (Fsp3) is 0.130. The van der Waals surface area contributed by atoms with Crippen LogP contribution in [0.3, 0.4) is 0 Å². The predicted molar refractivity (Wildman–Crippen MR) is 125 cm³/mol. The number of nitrogens with one attached hydrogen (secondary N) is 1. The van der Waals surface area contributed by atoms with E-state index in [1.54, 1.807) is 24.3 Å². The Kier molecular flexibility index (Phi) is 7.63. The Bertz CT molecular complexity index is 1290. The van der Waals surface area contributed by atoms with Gasteiger partial charge in [-0.1, -0.05) is 41.9 Å². The smallest absolute Gasteiger partial charge is 0.267 e. The van der Waals surface area contributed by atoms with E-state index >= 15 is 0 Å². The first-order valence-electron chi connectivity index (χ1n) is 9.77. The van der Waals surface area contributed by atoms with Crippen LogP contribution in [0.5, 0.6) is 0 Å². The van der Waals surface area contributed by atoms with E-state index in [2.05, 4.69) is 10.5 Å². The minimum absolute atomic E-state index is 0.0600. The second kappa shape index (κ2) is 10.3. The average molecular weight is 510 g/mol. The molecule has 0 radical (unpaired) electrons. The second-order valence-corrected chi connectivity index (χ2v) is 9.57. The standard InChI is InChI=1S/C23H19ClF3N3O3S/c1-34(32,33)30(15-16-6-10-19(24)11-7-16)20-12-8-17(9-13-20)22(31)29-28-14-18-4-2-3-5-21(18)23(25,26)27/h2-14H,15H2,1H3,(H,29,31)/b28-14-. The van der Waals surface area contributed by atoms with E-state index in [9.17, 15) is 26.4 Å². The first kappa shape index (κ1) is 25.3. The first-order chi connectivity index (χ1) is 15.9. The Morgan fingerprint density at radius 2 is 1.65 bits per heavy atom. The van der Waals surface area contributed by atoms with Gasteiger partial charge in [0.05, 0.1) is 30.3 Å². The summed E-state index contributed by atoms with van der Waals surface area (Å²) in [5.41, 5.74) is 2.28. The average Bonchev–Trinajstić information content (AvgIpc) is 2.77. The number of amides is 1. The normalized spacial score (nSPS) is 12.0. The van der Waals surface area contributed by atoms with E-state index in [0.717, 1.165) is 18.5 Å². The van der Waals surface area contributed by atoms with Gasteiger partial charge in [-0.2, -0.15) is 18.3 Å². The van der Waals surface area contributed by atoms with E-state index in [1.165, 1.54) is 46.8 Å². The van der Waals surface area contributed by atoms with Gasteiger partial charge in [0.1, 0.15) is 0 Å². The third-order valence-corrected chi connectivity index (χ3v) is 6.09. The van der Waals surface area contributed by atoms with Gasteiger partial charge >= 0.3 is 6.18 Å². The Morgan fingerprint density at radius 3 is 2.24 bits per heavy atom. The SMILES string of the molecule is CS(=O)(=O)N(Cc1ccc(Cl)cc1)c1ccc(C(=O)N/N=C\c2ccccc2C(F)(F)F)cc1. The predicted octanol–water partition coefficient (Wildman–Crippen LogP) is 5.09. The molecular weight excluding hydrogens is 491 g/mol. The summed E-state index contributed by atoms with van der Waals surface area (Å²) >= 11 is 5.87. The van der Waals surface area contributed by atoms with Crippen LogP contribution >= 0.6 is 11.6 Å². The van der Waals surface area contributed by atoms with Crippen LogP contribution in [0.15, 0.2) is 77.9 Å². The van der Waals surface area contributed by atoms with Crippen molar-refractivity contribution < 1.29 is 26.4 Å². The third kappa shape index (κ3) is 6.58. The number of alkyl halides is 3. The van der Waals surface area contributed by atoms with Gasteiger partial charge in [-0.25, -0.2) is 13.8 Å².